The summed E-state index contributed by atoms with van der Waals surface area (Å²) in [6, 6.07) is 4.17. The standard InChI is InChI=1S/C19H30N4O/c24-19(7-5-16-8-10-20-11-9-16)22-15-17-4-6-18(21-14-17)23-12-2-1-3-13-23/h4,6,14,16,20H,1-3,5,7-13,15H2,(H,22,24). The van der Waals surface area contributed by atoms with E-state index in [1.807, 2.05) is 6.20 Å². The number of nitrogens with one attached hydrogen (secondary N) is 2. The molecule has 0 atom stereocenters. The van der Waals surface area contributed by atoms with E-state index in [2.05, 4.69) is 32.7 Å². The van der Waals surface area contributed by atoms with Gasteiger partial charge in [-0.25, -0.2) is 4.98 Å². The quantitative estimate of drug-likeness (QED) is 0.841. The lowest BCUT2D eigenvalue weighted by Gasteiger charge is -2.27. The molecule has 5 heteroatoms. The first-order valence-electron chi connectivity index (χ1n) is 9.48. The summed E-state index contributed by atoms with van der Waals surface area (Å²) >= 11 is 0. The molecule has 1 amide bonds. The Hall–Kier alpha value is -1.62. The van der Waals surface area contributed by atoms with Gasteiger partial charge in [0, 0.05) is 32.3 Å². The summed E-state index contributed by atoms with van der Waals surface area (Å²) in [7, 11) is 0. The molecule has 24 heavy (non-hydrogen) atoms. The van der Waals surface area contributed by atoms with E-state index in [1.54, 1.807) is 0 Å². The Morgan fingerprint density at radius 3 is 2.71 bits per heavy atom. The predicted molar refractivity (Wildman–Crippen MR) is 97.0 cm³/mol. The summed E-state index contributed by atoms with van der Waals surface area (Å²) in [6.45, 7) is 5.00. The van der Waals surface area contributed by atoms with Gasteiger partial charge in [0.05, 0.1) is 0 Å². The third-order valence-corrected chi connectivity index (χ3v) is 5.22. The maximum atomic E-state index is 12.0. The Labute approximate surface area is 145 Å². The summed E-state index contributed by atoms with van der Waals surface area (Å²) in [5.74, 6) is 1.94. The van der Waals surface area contributed by atoms with Crippen LogP contribution < -0.4 is 15.5 Å². The van der Waals surface area contributed by atoms with Crippen LogP contribution in [0.15, 0.2) is 18.3 Å². The number of piperidine rings is 2. The zero-order valence-corrected chi connectivity index (χ0v) is 14.6. The van der Waals surface area contributed by atoms with Gasteiger partial charge in [-0.2, -0.15) is 0 Å². The van der Waals surface area contributed by atoms with Crippen molar-refractivity contribution in [3.63, 3.8) is 0 Å². The molecule has 0 saturated carbocycles. The number of carbonyl (C=O) groups excluding carboxylic acids is 1. The Bertz CT molecular complexity index is 505. The molecule has 2 aliphatic rings. The normalized spacial score (nSPS) is 19.2. The smallest absolute Gasteiger partial charge is 0.220 e. The van der Waals surface area contributed by atoms with Gasteiger partial charge in [-0.1, -0.05) is 6.07 Å². The molecule has 2 aliphatic heterocycles. The maximum Gasteiger partial charge on any atom is 0.220 e. The van der Waals surface area contributed by atoms with Gasteiger partial charge in [0.15, 0.2) is 0 Å². The van der Waals surface area contributed by atoms with Crippen molar-refractivity contribution in [3.8, 4) is 0 Å². The highest BCUT2D eigenvalue weighted by atomic mass is 16.1. The van der Waals surface area contributed by atoms with Gasteiger partial charge in [-0.3, -0.25) is 4.79 Å². The summed E-state index contributed by atoms with van der Waals surface area (Å²) in [6.07, 6.45) is 9.82. The third kappa shape index (κ3) is 5.20. The molecule has 2 fully saturated rings. The number of aromatic nitrogens is 1. The molecule has 0 aromatic carbocycles. The molecule has 5 nitrogen and oxygen atoms in total. The highest BCUT2D eigenvalue weighted by Gasteiger charge is 2.15. The second kappa shape index (κ2) is 9.02. The highest BCUT2D eigenvalue weighted by Crippen LogP contribution is 2.18. The molecule has 0 aliphatic carbocycles. The highest BCUT2D eigenvalue weighted by molar-refractivity contribution is 5.75. The van der Waals surface area contributed by atoms with Crippen LogP contribution in [0.1, 0.15) is 50.5 Å². The number of amides is 1. The molecule has 2 saturated heterocycles. The van der Waals surface area contributed by atoms with Crippen LogP contribution in [0.5, 0.6) is 0 Å². The number of pyridine rings is 1. The Morgan fingerprint density at radius 2 is 2.00 bits per heavy atom. The molecule has 3 rings (SSSR count). The molecule has 2 N–H and O–H groups in total. The maximum absolute atomic E-state index is 12.0. The van der Waals surface area contributed by atoms with E-state index in [-0.39, 0.29) is 5.91 Å². The molecule has 0 bridgehead atoms. The van der Waals surface area contributed by atoms with Crippen molar-refractivity contribution in [1.82, 2.24) is 15.6 Å². The summed E-state index contributed by atoms with van der Waals surface area (Å²) in [5, 5.41) is 6.40. The topological polar surface area (TPSA) is 57.3 Å². The summed E-state index contributed by atoms with van der Waals surface area (Å²) < 4.78 is 0. The van der Waals surface area contributed by atoms with E-state index < -0.39 is 0 Å². The molecule has 0 radical (unpaired) electrons. The molecular formula is C19H30N4O. The summed E-state index contributed by atoms with van der Waals surface area (Å²) in [4.78, 5) is 18.9. The van der Waals surface area contributed by atoms with E-state index in [4.69, 9.17) is 0 Å². The minimum absolute atomic E-state index is 0.161. The number of hydrogen-bond acceptors (Lipinski definition) is 4. The van der Waals surface area contributed by atoms with E-state index in [0.717, 1.165) is 44.0 Å². The lowest BCUT2D eigenvalue weighted by molar-refractivity contribution is -0.121. The molecule has 3 heterocycles. The van der Waals surface area contributed by atoms with E-state index in [0.29, 0.717) is 18.9 Å². The summed E-state index contributed by atoms with van der Waals surface area (Å²) in [5.41, 5.74) is 1.07. The van der Waals surface area contributed by atoms with Gasteiger partial charge < -0.3 is 15.5 Å². The van der Waals surface area contributed by atoms with Crippen molar-refractivity contribution in [2.24, 2.45) is 5.92 Å². The van der Waals surface area contributed by atoms with Crippen LogP contribution >= 0.6 is 0 Å². The first kappa shape index (κ1) is 17.2. The molecule has 0 spiro atoms. The van der Waals surface area contributed by atoms with Gasteiger partial charge in [0.1, 0.15) is 5.82 Å². The number of hydrogen-bond donors (Lipinski definition) is 2. The van der Waals surface area contributed by atoms with Crippen LogP contribution in [0.3, 0.4) is 0 Å². The third-order valence-electron chi connectivity index (χ3n) is 5.22. The van der Waals surface area contributed by atoms with Crippen LogP contribution in [0.4, 0.5) is 5.82 Å². The number of carbonyl (C=O) groups is 1. The van der Waals surface area contributed by atoms with Crippen LogP contribution in [0.25, 0.3) is 0 Å². The lowest BCUT2D eigenvalue weighted by atomic mass is 9.93. The molecular weight excluding hydrogens is 300 g/mol. The van der Waals surface area contributed by atoms with Crippen molar-refractivity contribution >= 4 is 11.7 Å². The van der Waals surface area contributed by atoms with Crippen LogP contribution in [-0.2, 0) is 11.3 Å². The molecule has 1 aromatic rings. The zero-order chi connectivity index (χ0) is 16.6. The Kier molecular flexibility index (Phi) is 6.47. The van der Waals surface area contributed by atoms with Gasteiger partial charge in [-0.05, 0) is 69.2 Å². The van der Waals surface area contributed by atoms with Gasteiger partial charge >= 0.3 is 0 Å². The van der Waals surface area contributed by atoms with Gasteiger partial charge in [0.2, 0.25) is 5.91 Å². The largest absolute Gasteiger partial charge is 0.357 e. The average Bonchev–Trinajstić information content (AvgIpc) is 2.67. The second-order valence-electron chi connectivity index (χ2n) is 7.08. The first-order chi connectivity index (χ1) is 11.8. The molecule has 132 valence electrons. The minimum Gasteiger partial charge on any atom is -0.357 e. The minimum atomic E-state index is 0.161. The SMILES string of the molecule is O=C(CCC1CCNCC1)NCc1ccc(N2CCCCC2)nc1. The fraction of sp³-hybridized carbons (Fsp3) is 0.684. The number of nitrogens with zero attached hydrogens (tertiary/aromatic N) is 2. The van der Waals surface area contributed by atoms with Gasteiger partial charge in [-0.15, -0.1) is 0 Å². The predicted octanol–water partition coefficient (Wildman–Crippen LogP) is 2.47. The van der Waals surface area contributed by atoms with Crippen LogP contribution in [0.2, 0.25) is 0 Å². The fourth-order valence-corrected chi connectivity index (χ4v) is 3.63. The van der Waals surface area contributed by atoms with Crippen molar-refractivity contribution in [3.05, 3.63) is 23.9 Å². The zero-order valence-electron chi connectivity index (χ0n) is 14.6. The molecule has 1 aromatic heterocycles. The van der Waals surface area contributed by atoms with Crippen molar-refractivity contribution in [2.45, 2.75) is 51.5 Å². The second-order valence-corrected chi connectivity index (χ2v) is 7.08. The van der Waals surface area contributed by atoms with Crippen LogP contribution in [0, 0.1) is 5.92 Å². The Balaban J connectivity index is 1.38. The lowest BCUT2D eigenvalue weighted by Crippen LogP contribution is -2.30. The van der Waals surface area contributed by atoms with E-state index >= 15 is 0 Å². The molecule has 0 unspecified atom stereocenters. The van der Waals surface area contributed by atoms with Crippen LogP contribution in [-0.4, -0.2) is 37.1 Å². The monoisotopic (exact) mass is 330 g/mol. The average molecular weight is 330 g/mol. The Morgan fingerprint density at radius 1 is 1.21 bits per heavy atom. The number of rotatable bonds is 6. The van der Waals surface area contributed by atoms with E-state index in [9.17, 15) is 4.79 Å². The van der Waals surface area contributed by atoms with Gasteiger partial charge in [0.25, 0.3) is 0 Å². The van der Waals surface area contributed by atoms with Crippen molar-refractivity contribution in [2.75, 3.05) is 31.1 Å². The fourth-order valence-electron chi connectivity index (χ4n) is 3.63. The first-order valence-corrected chi connectivity index (χ1v) is 9.48. The number of anilines is 1. The van der Waals surface area contributed by atoms with E-state index in [1.165, 1.54) is 32.1 Å². The van der Waals surface area contributed by atoms with Crippen molar-refractivity contribution < 1.29 is 4.79 Å². The van der Waals surface area contributed by atoms with Crippen molar-refractivity contribution in [1.29, 1.82) is 0 Å².